The summed E-state index contributed by atoms with van der Waals surface area (Å²) in [6.07, 6.45) is 7.80. The molecule has 8 heteroatoms. The SMILES string of the molecule is C#CCOC(=O)CC(O[PH](=O)COC)C(=O)OCC#C. The second kappa shape index (κ2) is 11.1. The number of esters is 2. The lowest BCUT2D eigenvalue weighted by atomic mass is 10.2. The number of carbonyl (C=O) groups excluding carboxylic acids is 2. The molecule has 0 rings (SSSR count). The minimum Gasteiger partial charge on any atom is -0.452 e. The first-order valence-corrected chi connectivity index (χ1v) is 6.95. The van der Waals surface area contributed by atoms with E-state index in [2.05, 4.69) is 26.1 Å². The minimum absolute atomic E-state index is 0.191. The van der Waals surface area contributed by atoms with E-state index in [9.17, 15) is 14.2 Å². The summed E-state index contributed by atoms with van der Waals surface area (Å²) in [6, 6.07) is 0. The molecule has 0 N–H and O–H groups in total. The van der Waals surface area contributed by atoms with Crippen LogP contribution in [-0.4, -0.2) is 44.7 Å². The smallest absolute Gasteiger partial charge is 0.337 e. The van der Waals surface area contributed by atoms with Crippen molar-refractivity contribution in [1.82, 2.24) is 0 Å². The van der Waals surface area contributed by atoms with Crippen LogP contribution in [0.5, 0.6) is 0 Å². The van der Waals surface area contributed by atoms with Crippen molar-refractivity contribution in [3.8, 4) is 24.7 Å². The lowest BCUT2D eigenvalue weighted by Crippen LogP contribution is -2.28. The molecule has 20 heavy (non-hydrogen) atoms. The molecule has 2 unspecified atom stereocenters. The van der Waals surface area contributed by atoms with Crippen LogP contribution in [0.2, 0.25) is 0 Å². The molecule has 0 aromatic heterocycles. The van der Waals surface area contributed by atoms with Crippen LogP contribution >= 0.6 is 8.03 Å². The van der Waals surface area contributed by atoms with Crippen molar-refractivity contribution in [3.05, 3.63) is 0 Å². The first-order chi connectivity index (χ1) is 9.54. The van der Waals surface area contributed by atoms with Gasteiger partial charge in [0.15, 0.2) is 19.3 Å². The predicted molar refractivity (Wildman–Crippen MR) is 70.0 cm³/mol. The van der Waals surface area contributed by atoms with E-state index in [4.69, 9.17) is 17.4 Å². The summed E-state index contributed by atoms with van der Waals surface area (Å²) in [5.41, 5.74) is 0. The van der Waals surface area contributed by atoms with Crippen molar-refractivity contribution in [1.29, 1.82) is 0 Å². The van der Waals surface area contributed by atoms with Crippen LogP contribution in [0.25, 0.3) is 0 Å². The van der Waals surface area contributed by atoms with E-state index >= 15 is 0 Å². The normalized spacial score (nSPS) is 12.6. The molecule has 0 aromatic rings. The number of terminal acetylenes is 2. The maximum absolute atomic E-state index is 11.6. The molecule has 0 fully saturated rings. The molecule has 0 aromatic carbocycles. The third-order valence-corrected chi connectivity index (χ3v) is 2.84. The number of methoxy groups -OCH3 is 1. The average Bonchev–Trinajstić information content (AvgIpc) is 2.42. The van der Waals surface area contributed by atoms with Gasteiger partial charge >= 0.3 is 11.9 Å². The van der Waals surface area contributed by atoms with Gasteiger partial charge in [-0.05, 0) is 0 Å². The largest absolute Gasteiger partial charge is 0.452 e. The monoisotopic (exact) mass is 302 g/mol. The summed E-state index contributed by atoms with van der Waals surface area (Å²) in [7, 11) is -1.33. The molecule has 110 valence electrons. The van der Waals surface area contributed by atoms with Crippen LogP contribution in [0.1, 0.15) is 6.42 Å². The molecule has 0 saturated heterocycles. The number of hydrogen-bond acceptors (Lipinski definition) is 7. The van der Waals surface area contributed by atoms with Gasteiger partial charge < -0.3 is 18.7 Å². The van der Waals surface area contributed by atoms with Gasteiger partial charge in [-0.3, -0.25) is 9.36 Å². The Morgan fingerprint density at radius 2 is 1.80 bits per heavy atom. The summed E-state index contributed by atoms with van der Waals surface area (Å²) in [6.45, 7) is -0.526. The Bertz CT molecular complexity index is 432. The maximum atomic E-state index is 11.6. The lowest BCUT2D eigenvalue weighted by Gasteiger charge is -2.14. The number of rotatable bonds is 9. The van der Waals surface area contributed by atoms with Crippen molar-refractivity contribution >= 4 is 20.0 Å². The van der Waals surface area contributed by atoms with Gasteiger partial charge in [-0.1, -0.05) is 11.8 Å². The highest BCUT2D eigenvalue weighted by atomic mass is 31.1. The fraction of sp³-hybridized carbons (Fsp3) is 0.500. The van der Waals surface area contributed by atoms with Crippen LogP contribution in [0.3, 0.4) is 0 Å². The van der Waals surface area contributed by atoms with Gasteiger partial charge in [0.1, 0.15) is 6.35 Å². The highest BCUT2D eigenvalue weighted by Gasteiger charge is 2.27. The third-order valence-electron chi connectivity index (χ3n) is 1.77. The second-order valence-electron chi connectivity index (χ2n) is 3.29. The molecule has 0 aliphatic rings. The first kappa shape index (κ1) is 18.2. The number of carbonyl (C=O) groups is 2. The van der Waals surface area contributed by atoms with Gasteiger partial charge in [-0.15, -0.1) is 12.8 Å². The molecule has 7 nitrogen and oxygen atoms in total. The molecule has 0 amide bonds. The Hall–Kier alpha value is -1.79. The molecule has 0 heterocycles. The third kappa shape index (κ3) is 8.34. The Balaban J connectivity index is 4.57. The lowest BCUT2D eigenvalue weighted by molar-refractivity contribution is -0.156. The molecular formula is C12H15O7P. The van der Waals surface area contributed by atoms with Gasteiger partial charge in [0, 0.05) is 7.11 Å². The Labute approximate surface area is 117 Å². The minimum atomic E-state index is -2.65. The van der Waals surface area contributed by atoms with Gasteiger partial charge in [0.25, 0.3) is 0 Å². The van der Waals surface area contributed by atoms with Gasteiger partial charge in [-0.2, -0.15) is 0 Å². The number of hydrogen-bond donors (Lipinski definition) is 0. The van der Waals surface area contributed by atoms with Crippen molar-refractivity contribution in [2.45, 2.75) is 12.5 Å². The molecule has 0 aliphatic heterocycles. The molecule has 0 radical (unpaired) electrons. The summed E-state index contributed by atoms with van der Waals surface area (Å²) in [5, 5.41) is 0. The quantitative estimate of drug-likeness (QED) is 0.341. The molecule has 0 aliphatic carbocycles. The van der Waals surface area contributed by atoms with Crippen molar-refractivity contribution in [2.24, 2.45) is 0 Å². The van der Waals surface area contributed by atoms with Crippen LogP contribution in [0.15, 0.2) is 0 Å². The standard InChI is InChI=1S/C12H15O7P/c1-4-6-17-11(13)8-10(12(14)18-7-5-2)19-20(15)9-16-3/h1-2,10,20H,6-9H2,3H3. The zero-order valence-electron chi connectivity index (χ0n) is 10.9. The zero-order chi connectivity index (χ0) is 15.4. The molecular weight excluding hydrogens is 287 g/mol. The average molecular weight is 302 g/mol. The van der Waals surface area contributed by atoms with E-state index in [0.717, 1.165) is 0 Å². The topological polar surface area (TPSA) is 88.1 Å². The summed E-state index contributed by atoms with van der Waals surface area (Å²) in [4.78, 5) is 23.0. The predicted octanol–water partition coefficient (Wildman–Crippen LogP) is 0.193. The van der Waals surface area contributed by atoms with E-state index in [1.54, 1.807) is 0 Å². The van der Waals surface area contributed by atoms with Crippen molar-refractivity contribution in [3.63, 3.8) is 0 Å². The summed E-state index contributed by atoms with van der Waals surface area (Å²) >= 11 is 0. The summed E-state index contributed by atoms with van der Waals surface area (Å²) in [5.74, 6) is 2.49. The van der Waals surface area contributed by atoms with Crippen LogP contribution in [-0.2, 0) is 32.9 Å². The maximum Gasteiger partial charge on any atom is 0.337 e. The van der Waals surface area contributed by atoms with E-state index in [0.29, 0.717) is 0 Å². The molecule has 2 atom stereocenters. The van der Waals surface area contributed by atoms with Crippen LogP contribution in [0, 0.1) is 24.7 Å². The van der Waals surface area contributed by atoms with E-state index in [1.807, 2.05) is 0 Å². The van der Waals surface area contributed by atoms with Gasteiger partial charge in [-0.25, -0.2) is 4.79 Å². The fourth-order valence-corrected chi connectivity index (χ4v) is 1.82. The van der Waals surface area contributed by atoms with Crippen LogP contribution < -0.4 is 0 Å². The fourth-order valence-electron chi connectivity index (χ4n) is 1.02. The van der Waals surface area contributed by atoms with Crippen molar-refractivity contribution in [2.75, 3.05) is 26.7 Å². The number of ether oxygens (including phenoxy) is 3. The Morgan fingerprint density at radius 1 is 1.20 bits per heavy atom. The first-order valence-electron chi connectivity index (χ1n) is 5.42. The highest BCUT2D eigenvalue weighted by Crippen LogP contribution is 2.26. The second-order valence-corrected chi connectivity index (χ2v) is 4.56. The van der Waals surface area contributed by atoms with E-state index < -0.39 is 32.5 Å². The zero-order valence-corrected chi connectivity index (χ0v) is 11.9. The van der Waals surface area contributed by atoms with Gasteiger partial charge in [0.2, 0.25) is 8.03 Å². The van der Waals surface area contributed by atoms with Gasteiger partial charge in [0.05, 0.1) is 6.42 Å². The Kier molecular flexibility index (Phi) is 10.1. The van der Waals surface area contributed by atoms with Crippen LogP contribution in [0.4, 0.5) is 0 Å². The Morgan fingerprint density at radius 3 is 2.35 bits per heavy atom. The van der Waals surface area contributed by atoms with E-state index in [-0.39, 0.29) is 19.6 Å². The van der Waals surface area contributed by atoms with E-state index in [1.165, 1.54) is 7.11 Å². The molecule has 0 saturated carbocycles. The van der Waals surface area contributed by atoms with Crippen molar-refractivity contribution < 1.29 is 32.9 Å². The molecule has 0 spiro atoms. The highest BCUT2D eigenvalue weighted by molar-refractivity contribution is 7.38. The molecule has 0 bridgehead atoms. The summed E-state index contributed by atoms with van der Waals surface area (Å²) < 4.78 is 30.2.